The van der Waals surface area contributed by atoms with Gasteiger partial charge in [0.15, 0.2) is 0 Å². The van der Waals surface area contributed by atoms with Gasteiger partial charge in [0.1, 0.15) is 0 Å². The SMILES string of the molecule is Nc1nc(O)c(C2CCCC2)c(=O)[nH]1. The molecule has 0 radical (unpaired) electrons. The normalized spacial score (nSPS) is 17.4. The molecule has 76 valence electrons. The molecule has 2 rings (SSSR count). The van der Waals surface area contributed by atoms with E-state index in [2.05, 4.69) is 9.97 Å². The summed E-state index contributed by atoms with van der Waals surface area (Å²) in [5.41, 5.74) is 5.40. The molecule has 1 heterocycles. The lowest BCUT2D eigenvalue weighted by molar-refractivity contribution is 0.437. The van der Waals surface area contributed by atoms with Crippen LogP contribution in [0, 0.1) is 0 Å². The van der Waals surface area contributed by atoms with E-state index in [0.717, 1.165) is 25.7 Å². The van der Waals surface area contributed by atoms with Gasteiger partial charge in [0.05, 0.1) is 5.56 Å². The molecule has 1 saturated carbocycles. The second kappa shape index (κ2) is 3.32. The number of rotatable bonds is 1. The standard InChI is InChI=1S/C9H13N3O2/c10-9-11-7(13)6(8(14)12-9)5-3-1-2-4-5/h5H,1-4H2,(H4,10,11,12,13,14). The number of aromatic amines is 1. The first kappa shape index (κ1) is 9.05. The van der Waals surface area contributed by atoms with Gasteiger partial charge in [-0.3, -0.25) is 9.78 Å². The van der Waals surface area contributed by atoms with Crippen LogP contribution >= 0.6 is 0 Å². The summed E-state index contributed by atoms with van der Waals surface area (Å²) < 4.78 is 0. The van der Waals surface area contributed by atoms with Crippen LogP contribution in [0.3, 0.4) is 0 Å². The minimum Gasteiger partial charge on any atom is -0.493 e. The van der Waals surface area contributed by atoms with Crippen LogP contribution in [0.2, 0.25) is 0 Å². The molecule has 14 heavy (non-hydrogen) atoms. The Balaban J connectivity index is 2.46. The molecular formula is C9H13N3O2. The summed E-state index contributed by atoms with van der Waals surface area (Å²) >= 11 is 0. The zero-order valence-electron chi connectivity index (χ0n) is 7.79. The van der Waals surface area contributed by atoms with Crippen LogP contribution in [0.15, 0.2) is 4.79 Å². The number of hydrogen-bond donors (Lipinski definition) is 3. The van der Waals surface area contributed by atoms with Crippen molar-refractivity contribution >= 4 is 5.95 Å². The third-order valence-corrected chi connectivity index (χ3v) is 2.72. The molecule has 4 N–H and O–H groups in total. The lowest BCUT2D eigenvalue weighted by atomic mass is 10.0. The molecule has 0 saturated heterocycles. The molecule has 1 aromatic heterocycles. The highest BCUT2D eigenvalue weighted by molar-refractivity contribution is 5.32. The van der Waals surface area contributed by atoms with Crippen molar-refractivity contribution in [2.24, 2.45) is 0 Å². The number of aromatic hydroxyl groups is 1. The second-order valence-corrected chi connectivity index (χ2v) is 3.67. The summed E-state index contributed by atoms with van der Waals surface area (Å²) in [6.07, 6.45) is 4.10. The Bertz CT molecular complexity index is 394. The summed E-state index contributed by atoms with van der Waals surface area (Å²) in [6.45, 7) is 0. The summed E-state index contributed by atoms with van der Waals surface area (Å²) in [7, 11) is 0. The van der Waals surface area contributed by atoms with Gasteiger partial charge in [0.2, 0.25) is 11.8 Å². The third kappa shape index (κ3) is 1.45. The fourth-order valence-corrected chi connectivity index (χ4v) is 2.07. The molecule has 0 aliphatic heterocycles. The molecule has 1 fully saturated rings. The largest absolute Gasteiger partial charge is 0.493 e. The fraction of sp³-hybridized carbons (Fsp3) is 0.556. The average molecular weight is 195 g/mol. The molecule has 0 aromatic carbocycles. The Morgan fingerprint density at radius 2 is 2.07 bits per heavy atom. The number of anilines is 1. The zero-order chi connectivity index (χ0) is 10.1. The monoisotopic (exact) mass is 195 g/mol. The van der Waals surface area contributed by atoms with E-state index in [-0.39, 0.29) is 23.3 Å². The first-order chi connectivity index (χ1) is 6.68. The molecule has 1 aliphatic carbocycles. The van der Waals surface area contributed by atoms with Crippen molar-refractivity contribution in [3.63, 3.8) is 0 Å². The zero-order valence-corrected chi connectivity index (χ0v) is 7.79. The first-order valence-electron chi connectivity index (χ1n) is 4.77. The average Bonchev–Trinajstić information content (AvgIpc) is 2.54. The van der Waals surface area contributed by atoms with Gasteiger partial charge >= 0.3 is 0 Å². The lowest BCUT2D eigenvalue weighted by Gasteiger charge is -2.09. The van der Waals surface area contributed by atoms with E-state index >= 15 is 0 Å². The van der Waals surface area contributed by atoms with Crippen LogP contribution in [0.25, 0.3) is 0 Å². The topological polar surface area (TPSA) is 92.0 Å². The summed E-state index contributed by atoms with van der Waals surface area (Å²) in [6, 6.07) is 0. The summed E-state index contributed by atoms with van der Waals surface area (Å²) in [5, 5.41) is 9.52. The quantitative estimate of drug-likeness (QED) is 0.615. The summed E-state index contributed by atoms with van der Waals surface area (Å²) in [4.78, 5) is 17.6. The van der Waals surface area contributed by atoms with Crippen LogP contribution in [-0.2, 0) is 0 Å². The Kier molecular flexibility index (Phi) is 2.15. The maximum absolute atomic E-state index is 11.5. The van der Waals surface area contributed by atoms with Crippen molar-refractivity contribution in [2.45, 2.75) is 31.6 Å². The van der Waals surface area contributed by atoms with Crippen molar-refractivity contribution in [1.82, 2.24) is 9.97 Å². The van der Waals surface area contributed by atoms with Gasteiger partial charge in [-0.15, -0.1) is 0 Å². The highest BCUT2D eigenvalue weighted by atomic mass is 16.3. The maximum atomic E-state index is 11.5. The first-order valence-corrected chi connectivity index (χ1v) is 4.77. The van der Waals surface area contributed by atoms with Gasteiger partial charge in [0.25, 0.3) is 5.56 Å². The predicted molar refractivity (Wildman–Crippen MR) is 52.1 cm³/mol. The number of nitrogens with zero attached hydrogens (tertiary/aromatic N) is 1. The van der Waals surface area contributed by atoms with E-state index in [4.69, 9.17) is 5.73 Å². The summed E-state index contributed by atoms with van der Waals surface area (Å²) in [5.74, 6) is -0.0979. The van der Waals surface area contributed by atoms with Crippen LogP contribution < -0.4 is 11.3 Å². The van der Waals surface area contributed by atoms with Crippen molar-refractivity contribution < 1.29 is 5.11 Å². The third-order valence-electron chi connectivity index (χ3n) is 2.72. The fourth-order valence-electron chi connectivity index (χ4n) is 2.07. The molecule has 5 heteroatoms. The van der Waals surface area contributed by atoms with E-state index in [1.807, 2.05) is 0 Å². The van der Waals surface area contributed by atoms with Crippen molar-refractivity contribution in [2.75, 3.05) is 5.73 Å². The number of hydrogen-bond acceptors (Lipinski definition) is 4. The number of nitrogens with one attached hydrogen (secondary N) is 1. The Hall–Kier alpha value is -1.52. The molecule has 1 aliphatic rings. The van der Waals surface area contributed by atoms with Gasteiger partial charge in [0, 0.05) is 0 Å². The smallest absolute Gasteiger partial charge is 0.259 e. The molecule has 0 unspecified atom stereocenters. The Morgan fingerprint density at radius 1 is 1.43 bits per heavy atom. The maximum Gasteiger partial charge on any atom is 0.259 e. The van der Waals surface area contributed by atoms with Gasteiger partial charge < -0.3 is 10.8 Å². The second-order valence-electron chi connectivity index (χ2n) is 3.67. The van der Waals surface area contributed by atoms with E-state index in [9.17, 15) is 9.90 Å². The minimum absolute atomic E-state index is 0.0331. The van der Waals surface area contributed by atoms with Crippen LogP contribution in [0.4, 0.5) is 5.95 Å². The Morgan fingerprint density at radius 3 is 2.64 bits per heavy atom. The Labute approximate surface area is 81.0 Å². The van der Waals surface area contributed by atoms with E-state index in [1.54, 1.807) is 0 Å². The molecule has 1 aromatic rings. The van der Waals surface area contributed by atoms with Crippen LogP contribution in [0.1, 0.15) is 37.2 Å². The minimum atomic E-state index is -0.304. The number of H-pyrrole nitrogens is 1. The number of aromatic nitrogens is 2. The molecule has 0 spiro atoms. The van der Waals surface area contributed by atoms with Gasteiger partial charge in [-0.2, -0.15) is 4.98 Å². The molecular weight excluding hydrogens is 182 g/mol. The van der Waals surface area contributed by atoms with Gasteiger partial charge in [-0.1, -0.05) is 12.8 Å². The number of nitrogens with two attached hydrogens (primary N) is 1. The molecule has 0 amide bonds. The van der Waals surface area contributed by atoms with Crippen LogP contribution in [0.5, 0.6) is 5.88 Å². The van der Waals surface area contributed by atoms with E-state index in [0.29, 0.717) is 5.56 Å². The highest BCUT2D eigenvalue weighted by Gasteiger charge is 2.24. The van der Waals surface area contributed by atoms with Crippen molar-refractivity contribution in [3.05, 3.63) is 15.9 Å². The predicted octanol–water partition coefficient (Wildman–Crippen LogP) is 0.715. The highest BCUT2D eigenvalue weighted by Crippen LogP contribution is 2.35. The van der Waals surface area contributed by atoms with Crippen molar-refractivity contribution in [3.8, 4) is 5.88 Å². The van der Waals surface area contributed by atoms with Crippen LogP contribution in [-0.4, -0.2) is 15.1 Å². The van der Waals surface area contributed by atoms with E-state index < -0.39 is 0 Å². The van der Waals surface area contributed by atoms with Gasteiger partial charge in [-0.05, 0) is 18.8 Å². The van der Waals surface area contributed by atoms with Gasteiger partial charge in [-0.25, -0.2) is 0 Å². The molecule has 0 atom stereocenters. The lowest BCUT2D eigenvalue weighted by Crippen LogP contribution is -2.18. The molecule has 0 bridgehead atoms. The van der Waals surface area contributed by atoms with E-state index in [1.165, 1.54) is 0 Å². The van der Waals surface area contributed by atoms with Crippen molar-refractivity contribution in [1.29, 1.82) is 0 Å². The molecule has 5 nitrogen and oxygen atoms in total. The number of nitrogen functional groups attached to an aromatic ring is 1.